The summed E-state index contributed by atoms with van der Waals surface area (Å²) in [5.41, 5.74) is 0.0524. The van der Waals surface area contributed by atoms with Crippen LogP contribution in [-0.2, 0) is 16.6 Å². The van der Waals surface area contributed by atoms with E-state index in [2.05, 4.69) is 13.8 Å². The van der Waals surface area contributed by atoms with Crippen LogP contribution in [0.3, 0.4) is 0 Å². The van der Waals surface area contributed by atoms with Crippen molar-refractivity contribution >= 4 is 21.4 Å². The first-order chi connectivity index (χ1) is 8.26. The number of hydrogen-bond acceptors (Lipinski definition) is 4. The number of hydrogen-bond donors (Lipinski definition) is 1. The number of sulfonamides is 1. The lowest BCUT2D eigenvalue weighted by atomic mass is 9.93. The second-order valence-corrected chi connectivity index (χ2v) is 8.79. The van der Waals surface area contributed by atoms with Crippen LogP contribution in [0.15, 0.2) is 11.0 Å². The Kier molecular flexibility index (Phi) is 3.57. The van der Waals surface area contributed by atoms with Crippen molar-refractivity contribution in [1.82, 2.24) is 4.31 Å². The van der Waals surface area contributed by atoms with Crippen LogP contribution in [0.25, 0.3) is 0 Å². The molecule has 1 aliphatic rings. The molecule has 102 valence electrons. The molecule has 2 heterocycles. The fourth-order valence-corrected chi connectivity index (χ4v) is 5.36. The monoisotopic (exact) mass is 289 g/mol. The van der Waals surface area contributed by atoms with Gasteiger partial charge in [0, 0.05) is 22.8 Å². The first-order valence-corrected chi connectivity index (χ1v) is 8.22. The number of nitrogens with zero attached hydrogens (tertiary/aromatic N) is 1. The zero-order valence-electron chi connectivity index (χ0n) is 10.9. The molecule has 1 aliphatic heterocycles. The molecule has 0 aliphatic carbocycles. The summed E-state index contributed by atoms with van der Waals surface area (Å²) in [6.45, 7) is 7.01. The molecule has 0 unspecified atom stereocenters. The number of rotatable bonds is 3. The third-order valence-electron chi connectivity index (χ3n) is 3.34. The molecule has 1 fully saturated rings. The van der Waals surface area contributed by atoms with E-state index in [1.807, 2.05) is 0 Å². The van der Waals surface area contributed by atoms with Gasteiger partial charge in [-0.2, -0.15) is 4.31 Å². The van der Waals surface area contributed by atoms with E-state index in [1.165, 1.54) is 11.3 Å². The largest absolute Gasteiger partial charge is 0.391 e. The van der Waals surface area contributed by atoms with E-state index in [-0.39, 0.29) is 12.0 Å². The van der Waals surface area contributed by atoms with E-state index in [1.54, 1.807) is 17.3 Å². The second kappa shape index (κ2) is 4.59. The van der Waals surface area contributed by atoms with Crippen LogP contribution in [-0.4, -0.2) is 30.9 Å². The van der Waals surface area contributed by atoms with Crippen molar-refractivity contribution in [2.24, 2.45) is 5.41 Å². The highest BCUT2D eigenvalue weighted by Gasteiger charge is 2.37. The van der Waals surface area contributed by atoms with Crippen LogP contribution in [0, 0.1) is 12.3 Å². The summed E-state index contributed by atoms with van der Waals surface area (Å²) in [7, 11) is -3.40. The van der Waals surface area contributed by atoms with Gasteiger partial charge in [-0.05, 0) is 24.8 Å². The summed E-state index contributed by atoms with van der Waals surface area (Å²) in [5.74, 6) is 0. The van der Waals surface area contributed by atoms with Gasteiger partial charge in [0.2, 0.25) is 10.0 Å². The standard InChI is InChI=1S/C12H19NO3S2/c1-9-11(6-10(7-14)17-9)18(15,16)13-5-4-12(2,3)8-13/h6,14H,4-5,7-8H2,1-3H3. The average molecular weight is 289 g/mol. The third kappa shape index (κ3) is 2.47. The molecular weight excluding hydrogens is 270 g/mol. The van der Waals surface area contributed by atoms with Crippen molar-refractivity contribution in [3.05, 3.63) is 15.8 Å². The first kappa shape index (κ1) is 14.0. The van der Waals surface area contributed by atoms with Gasteiger partial charge in [-0.3, -0.25) is 0 Å². The molecule has 1 saturated heterocycles. The Hall–Kier alpha value is -0.430. The maximum absolute atomic E-state index is 12.5. The molecule has 1 aromatic rings. The number of thiophene rings is 1. The minimum absolute atomic E-state index is 0.0524. The van der Waals surface area contributed by atoms with Crippen LogP contribution >= 0.6 is 11.3 Å². The Morgan fingerprint density at radius 3 is 2.61 bits per heavy atom. The zero-order valence-corrected chi connectivity index (χ0v) is 12.6. The molecule has 0 aromatic carbocycles. The Morgan fingerprint density at radius 1 is 1.50 bits per heavy atom. The highest BCUT2D eigenvalue weighted by molar-refractivity contribution is 7.89. The lowest BCUT2D eigenvalue weighted by molar-refractivity contribution is 0.285. The van der Waals surface area contributed by atoms with E-state index in [9.17, 15) is 8.42 Å². The molecular formula is C12H19NO3S2. The van der Waals surface area contributed by atoms with Gasteiger partial charge < -0.3 is 5.11 Å². The molecule has 2 rings (SSSR count). The zero-order chi connectivity index (χ0) is 13.6. The van der Waals surface area contributed by atoms with Crippen molar-refractivity contribution in [3.63, 3.8) is 0 Å². The van der Waals surface area contributed by atoms with Crippen LogP contribution < -0.4 is 0 Å². The van der Waals surface area contributed by atoms with Gasteiger partial charge in [0.15, 0.2) is 0 Å². The molecule has 0 bridgehead atoms. The lowest BCUT2D eigenvalue weighted by Gasteiger charge is -2.19. The van der Waals surface area contributed by atoms with Crippen molar-refractivity contribution < 1.29 is 13.5 Å². The Balaban J connectivity index is 2.34. The van der Waals surface area contributed by atoms with Crippen LogP contribution in [0.1, 0.15) is 30.0 Å². The maximum atomic E-state index is 12.5. The Morgan fingerprint density at radius 2 is 2.17 bits per heavy atom. The molecule has 4 nitrogen and oxygen atoms in total. The summed E-state index contributed by atoms with van der Waals surface area (Å²) in [6.07, 6.45) is 0.891. The molecule has 1 N–H and O–H groups in total. The average Bonchev–Trinajstić information content (AvgIpc) is 2.82. The number of aliphatic hydroxyl groups excluding tert-OH is 1. The molecule has 6 heteroatoms. The molecule has 1 aromatic heterocycles. The summed E-state index contributed by atoms with van der Waals surface area (Å²) in [5, 5.41) is 9.09. The molecule has 0 amide bonds. The molecule has 0 spiro atoms. The second-order valence-electron chi connectivity index (χ2n) is 5.54. The fraction of sp³-hybridized carbons (Fsp3) is 0.667. The van der Waals surface area contributed by atoms with Crippen molar-refractivity contribution in [1.29, 1.82) is 0 Å². The van der Waals surface area contributed by atoms with Gasteiger partial charge in [-0.25, -0.2) is 8.42 Å². The predicted molar refractivity (Wildman–Crippen MR) is 72.1 cm³/mol. The lowest BCUT2D eigenvalue weighted by Crippen LogP contribution is -2.30. The van der Waals surface area contributed by atoms with E-state index in [0.29, 0.717) is 22.9 Å². The highest BCUT2D eigenvalue weighted by atomic mass is 32.2. The van der Waals surface area contributed by atoms with Crippen molar-refractivity contribution in [2.75, 3.05) is 13.1 Å². The quantitative estimate of drug-likeness (QED) is 0.925. The van der Waals surface area contributed by atoms with Gasteiger partial charge in [0.05, 0.1) is 11.5 Å². The summed E-state index contributed by atoms with van der Waals surface area (Å²) in [6, 6.07) is 1.60. The Labute approximate surface area is 112 Å². The minimum Gasteiger partial charge on any atom is -0.391 e. The van der Waals surface area contributed by atoms with Crippen molar-refractivity contribution in [2.45, 2.75) is 38.7 Å². The number of aliphatic hydroxyl groups is 1. The van der Waals surface area contributed by atoms with Gasteiger partial charge in [-0.1, -0.05) is 13.8 Å². The van der Waals surface area contributed by atoms with Gasteiger partial charge >= 0.3 is 0 Å². The van der Waals surface area contributed by atoms with E-state index in [0.717, 1.165) is 11.3 Å². The van der Waals surface area contributed by atoms with Gasteiger partial charge in [0.25, 0.3) is 0 Å². The van der Waals surface area contributed by atoms with Gasteiger partial charge in [0.1, 0.15) is 0 Å². The summed E-state index contributed by atoms with van der Waals surface area (Å²) < 4.78 is 26.6. The van der Waals surface area contributed by atoms with E-state index in [4.69, 9.17) is 5.11 Å². The van der Waals surface area contributed by atoms with Crippen LogP contribution in [0.4, 0.5) is 0 Å². The Bertz CT molecular complexity index is 546. The molecule has 0 saturated carbocycles. The van der Waals surface area contributed by atoms with E-state index >= 15 is 0 Å². The summed E-state index contributed by atoms with van der Waals surface area (Å²) in [4.78, 5) is 1.81. The van der Waals surface area contributed by atoms with Crippen molar-refractivity contribution in [3.8, 4) is 0 Å². The molecule has 18 heavy (non-hydrogen) atoms. The first-order valence-electron chi connectivity index (χ1n) is 5.96. The number of aryl methyl sites for hydroxylation is 1. The predicted octanol–water partition coefficient (Wildman–Crippen LogP) is 1.97. The smallest absolute Gasteiger partial charge is 0.244 e. The minimum atomic E-state index is -3.40. The topological polar surface area (TPSA) is 57.6 Å². The molecule has 0 atom stereocenters. The van der Waals surface area contributed by atoms with Crippen LogP contribution in [0.2, 0.25) is 0 Å². The van der Waals surface area contributed by atoms with Gasteiger partial charge in [-0.15, -0.1) is 11.3 Å². The SMILES string of the molecule is Cc1sc(CO)cc1S(=O)(=O)N1CCC(C)(C)C1. The molecule has 0 radical (unpaired) electrons. The van der Waals surface area contributed by atoms with Crippen LogP contribution in [0.5, 0.6) is 0 Å². The normalized spacial score (nSPS) is 20.4. The van der Waals surface area contributed by atoms with E-state index < -0.39 is 10.0 Å². The fourth-order valence-electron chi connectivity index (χ4n) is 2.27. The summed E-state index contributed by atoms with van der Waals surface area (Å²) >= 11 is 1.34. The third-order valence-corrected chi connectivity index (χ3v) is 6.48. The maximum Gasteiger partial charge on any atom is 0.244 e. The highest BCUT2D eigenvalue weighted by Crippen LogP contribution is 2.35.